The Bertz CT molecular complexity index is 901. The van der Waals surface area contributed by atoms with Crippen molar-refractivity contribution in [2.45, 2.75) is 20.4 Å². The van der Waals surface area contributed by atoms with Crippen LogP contribution in [0.4, 0.5) is 4.39 Å². The molecule has 2 aromatic carbocycles. The van der Waals surface area contributed by atoms with Crippen molar-refractivity contribution in [1.82, 2.24) is 20.3 Å². The highest BCUT2D eigenvalue weighted by atomic mass is 79.9. The number of benzene rings is 2. The Labute approximate surface area is 153 Å². The van der Waals surface area contributed by atoms with E-state index in [0.29, 0.717) is 15.7 Å². The summed E-state index contributed by atoms with van der Waals surface area (Å²) in [7, 11) is 0. The number of nitrogens with one attached hydrogen (secondary N) is 1. The number of nitrogens with zero attached hydrogens (tertiary/aromatic N) is 3. The first-order valence-electron chi connectivity index (χ1n) is 7.66. The predicted octanol–water partition coefficient (Wildman–Crippen LogP) is 3.72. The summed E-state index contributed by atoms with van der Waals surface area (Å²) < 4.78 is 15.6. The summed E-state index contributed by atoms with van der Waals surface area (Å²) in [5, 5.41) is 10.8. The second kappa shape index (κ2) is 7.14. The zero-order valence-corrected chi connectivity index (χ0v) is 15.3. The predicted molar refractivity (Wildman–Crippen MR) is 96.1 cm³/mol. The van der Waals surface area contributed by atoms with E-state index in [1.54, 1.807) is 17.7 Å². The van der Waals surface area contributed by atoms with Gasteiger partial charge >= 0.3 is 0 Å². The van der Waals surface area contributed by atoms with Gasteiger partial charge in [0, 0.05) is 11.0 Å². The molecule has 0 aliphatic heterocycles. The van der Waals surface area contributed by atoms with Gasteiger partial charge in [-0.25, -0.2) is 9.07 Å². The fourth-order valence-corrected chi connectivity index (χ4v) is 2.96. The third-order valence-corrected chi connectivity index (χ3v) is 4.22. The highest BCUT2D eigenvalue weighted by Crippen LogP contribution is 2.16. The number of aryl methyl sites for hydroxylation is 1. The first-order valence-corrected chi connectivity index (χ1v) is 8.46. The maximum atomic E-state index is 13.4. The third kappa shape index (κ3) is 3.93. The van der Waals surface area contributed by atoms with Crippen LogP contribution in [-0.2, 0) is 6.54 Å². The lowest BCUT2D eigenvalue weighted by molar-refractivity contribution is 0.0945. The molecule has 3 rings (SSSR count). The highest BCUT2D eigenvalue weighted by Gasteiger charge is 2.17. The van der Waals surface area contributed by atoms with E-state index < -0.39 is 0 Å². The van der Waals surface area contributed by atoms with Gasteiger partial charge in [0.1, 0.15) is 5.82 Å². The van der Waals surface area contributed by atoms with Crippen LogP contribution in [0.3, 0.4) is 0 Å². The van der Waals surface area contributed by atoms with E-state index in [4.69, 9.17) is 0 Å². The summed E-state index contributed by atoms with van der Waals surface area (Å²) in [6, 6.07) is 12.3. The molecule has 0 saturated heterocycles. The maximum absolute atomic E-state index is 13.4. The van der Waals surface area contributed by atoms with Gasteiger partial charge in [0.15, 0.2) is 5.69 Å². The lowest BCUT2D eigenvalue weighted by Crippen LogP contribution is -2.24. The summed E-state index contributed by atoms with van der Waals surface area (Å²) in [6.07, 6.45) is 0. The number of amides is 1. The molecule has 3 aromatic rings. The van der Waals surface area contributed by atoms with Gasteiger partial charge in [-0.1, -0.05) is 38.8 Å². The molecule has 25 heavy (non-hydrogen) atoms. The number of rotatable bonds is 4. The lowest BCUT2D eigenvalue weighted by atomic mass is 10.2. The minimum absolute atomic E-state index is 0.200. The van der Waals surface area contributed by atoms with Crippen LogP contribution in [0.25, 0.3) is 5.69 Å². The van der Waals surface area contributed by atoms with Gasteiger partial charge in [-0.05, 0) is 49.7 Å². The van der Waals surface area contributed by atoms with Crippen LogP contribution in [0, 0.1) is 19.7 Å². The van der Waals surface area contributed by atoms with Crippen molar-refractivity contribution < 1.29 is 9.18 Å². The minimum Gasteiger partial charge on any atom is -0.347 e. The van der Waals surface area contributed by atoms with Crippen LogP contribution in [0.2, 0.25) is 0 Å². The molecule has 0 saturated carbocycles. The van der Waals surface area contributed by atoms with Crippen molar-refractivity contribution in [3.63, 3.8) is 0 Å². The molecule has 0 fully saturated rings. The molecule has 0 bridgehead atoms. The van der Waals surface area contributed by atoms with E-state index in [-0.39, 0.29) is 24.0 Å². The molecule has 0 atom stereocenters. The quantitative estimate of drug-likeness (QED) is 0.723. The Hall–Kier alpha value is -2.54. The van der Waals surface area contributed by atoms with Crippen molar-refractivity contribution in [3.05, 3.63) is 75.3 Å². The minimum atomic E-state index is -0.361. The average Bonchev–Trinajstić information content (AvgIpc) is 2.94. The Kier molecular flexibility index (Phi) is 4.94. The van der Waals surface area contributed by atoms with Gasteiger partial charge in [0.2, 0.25) is 0 Å². The second-order valence-corrected chi connectivity index (χ2v) is 6.65. The molecule has 7 heteroatoms. The van der Waals surface area contributed by atoms with E-state index in [0.717, 1.165) is 11.3 Å². The van der Waals surface area contributed by atoms with Gasteiger partial charge < -0.3 is 5.32 Å². The van der Waals surface area contributed by atoms with Crippen molar-refractivity contribution in [2.75, 3.05) is 0 Å². The molecule has 0 unspecified atom stereocenters. The molecule has 5 nitrogen and oxygen atoms in total. The standard InChI is InChI=1S/C18H16BrFN4O/c1-11-3-5-16(6-4-11)24-12(2)17(22-23-24)18(25)21-10-13-7-14(19)9-15(20)8-13/h3-9H,10H2,1-2H3,(H,21,25). The molecule has 0 radical (unpaired) electrons. The number of halogens is 2. The fourth-order valence-electron chi connectivity index (χ4n) is 2.45. The molecular formula is C18H16BrFN4O. The molecule has 0 aliphatic carbocycles. The number of hydrogen-bond acceptors (Lipinski definition) is 3. The molecular weight excluding hydrogens is 387 g/mol. The van der Waals surface area contributed by atoms with Crippen LogP contribution in [0.15, 0.2) is 46.9 Å². The van der Waals surface area contributed by atoms with Crippen molar-refractivity contribution in [1.29, 1.82) is 0 Å². The zero-order valence-electron chi connectivity index (χ0n) is 13.8. The largest absolute Gasteiger partial charge is 0.347 e. The van der Waals surface area contributed by atoms with Gasteiger partial charge in [-0.2, -0.15) is 0 Å². The second-order valence-electron chi connectivity index (χ2n) is 5.73. The molecule has 128 valence electrons. The normalized spacial score (nSPS) is 10.7. The first kappa shape index (κ1) is 17.3. The van der Waals surface area contributed by atoms with Crippen molar-refractivity contribution >= 4 is 21.8 Å². The van der Waals surface area contributed by atoms with Gasteiger partial charge in [0.25, 0.3) is 5.91 Å². The molecule has 0 aliphatic rings. The molecule has 1 heterocycles. The fraction of sp³-hybridized carbons (Fsp3) is 0.167. The van der Waals surface area contributed by atoms with Gasteiger partial charge in [-0.3, -0.25) is 4.79 Å². The monoisotopic (exact) mass is 402 g/mol. The van der Waals surface area contributed by atoms with Gasteiger partial charge in [-0.15, -0.1) is 5.10 Å². The van der Waals surface area contributed by atoms with E-state index >= 15 is 0 Å². The molecule has 1 N–H and O–H groups in total. The Morgan fingerprint density at radius 2 is 1.92 bits per heavy atom. The topological polar surface area (TPSA) is 59.8 Å². The Balaban J connectivity index is 1.75. The van der Waals surface area contributed by atoms with E-state index in [9.17, 15) is 9.18 Å². The van der Waals surface area contributed by atoms with Crippen LogP contribution in [-0.4, -0.2) is 20.9 Å². The molecule has 1 amide bonds. The summed E-state index contributed by atoms with van der Waals surface area (Å²) in [5.41, 5.74) is 3.52. The van der Waals surface area contributed by atoms with Crippen LogP contribution in [0.5, 0.6) is 0 Å². The highest BCUT2D eigenvalue weighted by molar-refractivity contribution is 9.10. The van der Waals surface area contributed by atoms with Gasteiger partial charge in [0.05, 0.1) is 11.4 Å². The Morgan fingerprint density at radius 1 is 1.20 bits per heavy atom. The van der Waals surface area contributed by atoms with E-state index in [1.807, 2.05) is 31.2 Å². The lowest BCUT2D eigenvalue weighted by Gasteiger charge is -2.06. The SMILES string of the molecule is Cc1ccc(-n2nnc(C(=O)NCc3cc(F)cc(Br)c3)c2C)cc1. The average molecular weight is 403 g/mol. The number of carbonyl (C=O) groups excluding carboxylic acids is 1. The van der Waals surface area contributed by atoms with Crippen LogP contribution >= 0.6 is 15.9 Å². The summed E-state index contributed by atoms with van der Waals surface area (Å²) >= 11 is 3.23. The van der Waals surface area contributed by atoms with Crippen LogP contribution < -0.4 is 5.32 Å². The van der Waals surface area contributed by atoms with Crippen LogP contribution in [0.1, 0.15) is 27.3 Å². The van der Waals surface area contributed by atoms with Crippen molar-refractivity contribution in [3.8, 4) is 5.69 Å². The Morgan fingerprint density at radius 3 is 2.60 bits per heavy atom. The van der Waals surface area contributed by atoms with E-state index in [2.05, 4.69) is 31.6 Å². The van der Waals surface area contributed by atoms with E-state index in [1.165, 1.54) is 12.1 Å². The summed E-state index contributed by atoms with van der Waals surface area (Å²) in [6.45, 7) is 3.99. The first-order chi connectivity index (χ1) is 11.9. The summed E-state index contributed by atoms with van der Waals surface area (Å²) in [5.74, 6) is -0.712. The molecule has 1 aromatic heterocycles. The maximum Gasteiger partial charge on any atom is 0.274 e. The zero-order chi connectivity index (χ0) is 18.0. The number of aromatic nitrogens is 3. The smallest absolute Gasteiger partial charge is 0.274 e. The third-order valence-electron chi connectivity index (χ3n) is 3.76. The van der Waals surface area contributed by atoms with Crippen molar-refractivity contribution in [2.24, 2.45) is 0 Å². The number of carbonyl (C=O) groups is 1. The molecule has 0 spiro atoms. The number of hydrogen-bond donors (Lipinski definition) is 1. The summed E-state index contributed by atoms with van der Waals surface area (Å²) in [4.78, 5) is 12.4.